The second kappa shape index (κ2) is 4.34. The molecule has 6 heteroatoms. The molecule has 0 unspecified atom stereocenters. The average Bonchev–Trinajstić information content (AvgIpc) is 2.29. The molecule has 1 aromatic heterocycles. The SMILES string of the molecule is NNc1nc(-c2ccc(Cl)cc2)cc(=O)[nH]1. The van der Waals surface area contributed by atoms with E-state index in [2.05, 4.69) is 15.4 Å². The Hall–Kier alpha value is -1.85. The number of H-pyrrole nitrogens is 1. The van der Waals surface area contributed by atoms with Crippen molar-refractivity contribution in [1.29, 1.82) is 0 Å². The van der Waals surface area contributed by atoms with Crippen molar-refractivity contribution in [2.24, 2.45) is 5.84 Å². The second-order valence-electron chi connectivity index (χ2n) is 3.13. The molecule has 0 radical (unpaired) electrons. The van der Waals surface area contributed by atoms with Gasteiger partial charge in [0, 0.05) is 16.7 Å². The van der Waals surface area contributed by atoms with Crippen LogP contribution in [-0.4, -0.2) is 9.97 Å². The van der Waals surface area contributed by atoms with Crippen molar-refractivity contribution < 1.29 is 0 Å². The Bertz CT molecular complexity index is 549. The van der Waals surface area contributed by atoms with Crippen molar-refractivity contribution >= 4 is 17.5 Å². The number of nitrogen functional groups attached to an aromatic ring is 1. The van der Waals surface area contributed by atoms with Crippen LogP contribution in [0.25, 0.3) is 11.3 Å². The molecule has 1 heterocycles. The maximum Gasteiger partial charge on any atom is 0.252 e. The first kappa shape index (κ1) is 10.7. The van der Waals surface area contributed by atoms with E-state index >= 15 is 0 Å². The highest BCUT2D eigenvalue weighted by molar-refractivity contribution is 6.30. The number of hydrogen-bond acceptors (Lipinski definition) is 4. The topological polar surface area (TPSA) is 83.8 Å². The van der Waals surface area contributed by atoms with Crippen molar-refractivity contribution in [3.63, 3.8) is 0 Å². The van der Waals surface area contributed by atoms with Crippen molar-refractivity contribution in [3.05, 3.63) is 45.7 Å². The molecule has 0 aliphatic heterocycles. The Morgan fingerprint density at radius 1 is 1.31 bits per heavy atom. The highest BCUT2D eigenvalue weighted by atomic mass is 35.5. The first-order chi connectivity index (χ1) is 7.69. The predicted molar refractivity (Wildman–Crippen MR) is 63.1 cm³/mol. The number of halogens is 1. The minimum Gasteiger partial charge on any atom is -0.294 e. The molecule has 0 saturated carbocycles. The van der Waals surface area contributed by atoms with Gasteiger partial charge in [0.05, 0.1) is 5.69 Å². The monoisotopic (exact) mass is 236 g/mol. The standard InChI is InChI=1S/C10H9ClN4O/c11-7-3-1-6(2-4-7)8-5-9(16)14-10(13-8)15-12/h1-5H,12H2,(H2,13,14,15,16). The number of nitrogens with one attached hydrogen (secondary N) is 2. The summed E-state index contributed by atoms with van der Waals surface area (Å²) in [5.74, 6) is 5.41. The maximum absolute atomic E-state index is 11.3. The van der Waals surface area contributed by atoms with Gasteiger partial charge >= 0.3 is 0 Å². The zero-order valence-electron chi connectivity index (χ0n) is 8.20. The molecule has 4 N–H and O–H groups in total. The molecule has 16 heavy (non-hydrogen) atoms. The molecule has 0 saturated heterocycles. The lowest BCUT2D eigenvalue weighted by Crippen LogP contribution is -2.16. The van der Waals surface area contributed by atoms with Crippen LogP contribution in [0.1, 0.15) is 0 Å². The number of aromatic nitrogens is 2. The van der Waals surface area contributed by atoms with Crippen LogP contribution in [-0.2, 0) is 0 Å². The van der Waals surface area contributed by atoms with E-state index in [9.17, 15) is 4.79 Å². The lowest BCUT2D eigenvalue weighted by molar-refractivity contribution is 1.09. The fourth-order valence-electron chi connectivity index (χ4n) is 1.29. The Kier molecular flexibility index (Phi) is 2.89. The van der Waals surface area contributed by atoms with Crippen LogP contribution < -0.4 is 16.8 Å². The second-order valence-corrected chi connectivity index (χ2v) is 3.57. The number of benzene rings is 1. The molecule has 1 aromatic carbocycles. The summed E-state index contributed by atoms with van der Waals surface area (Å²) in [5.41, 5.74) is 3.36. The molecule has 0 atom stereocenters. The lowest BCUT2D eigenvalue weighted by Gasteiger charge is -2.03. The maximum atomic E-state index is 11.3. The Morgan fingerprint density at radius 2 is 2.00 bits per heavy atom. The molecule has 2 rings (SSSR count). The van der Waals surface area contributed by atoms with E-state index in [0.29, 0.717) is 10.7 Å². The number of nitrogens with zero attached hydrogens (tertiary/aromatic N) is 1. The van der Waals surface area contributed by atoms with Gasteiger partial charge in [0.1, 0.15) is 0 Å². The van der Waals surface area contributed by atoms with Gasteiger partial charge in [-0.1, -0.05) is 23.7 Å². The minimum atomic E-state index is -0.270. The van der Waals surface area contributed by atoms with Gasteiger partial charge in [-0.2, -0.15) is 0 Å². The molecule has 0 aliphatic carbocycles. The zero-order valence-corrected chi connectivity index (χ0v) is 8.95. The number of nitrogens with two attached hydrogens (primary N) is 1. The molecular formula is C10H9ClN4O. The molecule has 0 bridgehead atoms. The van der Waals surface area contributed by atoms with Crippen LogP contribution >= 0.6 is 11.6 Å². The molecular weight excluding hydrogens is 228 g/mol. The van der Waals surface area contributed by atoms with Gasteiger partial charge in [-0.05, 0) is 12.1 Å². The number of anilines is 1. The molecule has 2 aromatic rings. The highest BCUT2D eigenvalue weighted by Crippen LogP contribution is 2.18. The number of rotatable bonds is 2. The summed E-state index contributed by atoms with van der Waals surface area (Å²) in [7, 11) is 0. The smallest absolute Gasteiger partial charge is 0.252 e. The molecule has 0 aliphatic rings. The van der Waals surface area contributed by atoms with Gasteiger partial charge in [-0.3, -0.25) is 15.2 Å². The molecule has 5 nitrogen and oxygen atoms in total. The fourth-order valence-corrected chi connectivity index (χ4v) is 1.42. The average molecular weight is 237 g/mol. The lowest BCUT2D eigenvalue weighted by atomic mass is 10.1. The number of hydrazine groups is 1. The fraction of sp³-hybridized carbons (Fsp3) is 0. The van der Waals surface area contributed by atoms with Crippen molar-refractivity contribution in [2.45, 2.75) is 0 Å². The van der Waals surface area contributed by atoms with Gasteiger partial charge in [0.2, 0.25) is 5.95 Å². The zero-order chi connectivity index (χ0) is 11.5. The van der Waals surface area contributed by atoms with E-state index in [1.54, 1.807) is 24.3 Å². The van der Waals surface area contributed by atoms with Gasteiger partial charge in [-0.25, -0.2) is 10.8 Å². The molecule has 0 fully saturated rings. The molecule has 0 spiro atoms. The summed E-state index contributed by atoms with van der Waals surface area (Å²) < 4.78 is 0. The Labute approximate surface area is 96.3 Å². The van der Waals surface area contributed by atoms with Crippen LogP contribution in [0, 0.1) is 0 Å². The van der Waals surface area contributed by atoms with Crippen molar-refractivity contribution in [3.8, 4) is 11.3 Å². The highest BCUT2D eigenvalue weighted by Gasteiger charge is 2.02. The molecule has 0 amide bonds. The van der Waals surface area contributed by atoms with Crippen LogP contribution in [0.15, 0.2) is 35.1 Å². The third kappa shape index (κ3) is 2.21. The normalized spacial score (nSPS) is 10.1. The van der Waals surface area contributed by atoms with Crippen LogP contribution in [0.2, 0.25) is 5.02 Å². The van der Waals surface area contributed by atoms with Crippen LogP contribution in [0.4, 0.5) is 5.95 Å². The van der Waals surface area contributed by atoms with Gasteiger partial charge in [0.15, 0.2) is 0 Å². The van der Waals surface area contributed by atoms with E-state index in [0.717, 1.165) is 5.56 Å². The first-order valence-electron chi connectivity index (χ1n) is 4.53. The summed E-state index contributed by atoms with van der Waals surface area (Å²) in [5, 5.41) is 0.630. The number of aromatic amines is 1. The summed E-state index contributed by atoms with van der Waals surface area (Å²) >= 11 is 5.77. The predicted octanol–water partition coefficient (Wildman–Crippen LogP) is 1.38. The third-order valence-electron chi connectivity index (χ3n) is 2.02. The quantitative estimate of drug-likeness (QED) is 0.543. The van der Waals surface area contributed by atoms with E-state index in [4.69, 9.17) is 17.4 Å². The minimum absolute atomic E-state index is 0.220. The van der Waals surface area contributed by atoms with Gasteiger partial charge in [0.25, 0.3) is 5.56 Å². The van der Waals surface area contributed by atoms with Gasteiger partial charge in [-0.15, -0.1) is 0 Å². The van der Waals surface area contributed by atoms with E-state index in [1.165, 1.54) is 6.07 Å². The first-order valence-corrected chi connectivity index (χ1v) is 4.91. The van der Waals surface area contributed by atoms with E-state index in [1.807, 2.05) is 0 Å². The summed E-state index contributed by atoms with van der Waals surface area (Å²) in [4.78, 5) is 17.9. The van der Waals surface area contributed by atoms with E-state index < -0.39 is 0 Å². The van der Waals surface area contributed by atoms with Crippen LogP contribution in [0.5, 0.6) is 0 Å². The summed E-state index contributed by atoms with van der Waals surface area (Å²) in [6.45, 7) is 0. The summed E-state index contributed by atoms with van der Waals surface area (Å²) in [6.07, 6.45) is 0. The van der Waals surface area contributed by atoms with Crippen LogP contribution in [0.3, 0.4) is 0 Å². The van der Waals surface area contributed by atoms with E-state index in [-0.39, 0.29) is 11.5 Å². The van der Waals surface area contributed by atoms with Gasteiger partial charge < -0.3 is 0 Å². The summed E-state index contributed by atoms with van der Waals surface area (Å²) in [6, 6.07) is 8.42. The third-order valence-corrected chi connectivity index (χ3v) is 2.27. The van der Waals surface area contributed by atoms with Crippen molar-refractivity contribution in [1.82, 2.24) is 9.97 Å². The number of hydrogen-bond donors (Lipinski definition) is 3. The Balaban J connectivity index is 2.51. The molecule has 82 valence electrons. The largest absolute Gasteiger partial charge is 0.294 e. The Morgan fingerprint density at radius 3 is 2.62 bits per heavy atom. The van der Waals surface area contributed by atoms with Crippen molar-refractivity contribution in [2.75, 3.05) is 5.43 Å².